The number of carbonyl (C=O) groups excluding carboxylic acids is 1. The highest BCUT2D eigenvalue weighted by Gasteiger charge is 2.40. The van der Waals surface area contributed by atoms with Crippen LogP contribution in [0.25, 0.3) is 0 Å². The van der Waals surface area contributed by atoms with Gasteiger partial charge in [0.15, 0.2) is 0 Å². The van der Waals surface area contributed by atoms with Crippen LogP contribution in [0.1, 0.15) is 17.8 Å². The molecule has 0 radical (unpaired) electrons. The molecule has 3 rings (SSSR count). The molecule has 30 heavy (non-hydrogen) atoms. The van der Waals surface area contributed by atoms with E-state index >= 15 is 0 Å². The number of fused-ring (bicyclic) bond motifs is 1. The Morgan fingerprint density at radius 2 is 1.90 bits per heavy atom. The van der Waals surface area contributed by atoms with Gasteiger partial charge >= 0.3 is 0 Å². The Hall–Kier alpha value is -2.60. The lowest BCUT2D eigenvalue weighted by atomic mass is 10.0. The zero-order chi connectivity index (χ0) is 21.7. The first-order valence-corrected chi connectivity index (χ1v) is 10.9. The van der Waals surface area contributed by atoms with E-state index in [0.29, 0.717) is 23.7 Å². The highest BCUT2D eigenvalue weighted by molar-refractivity contribution is 7.89. The number of hydrogen-bond acceptors (Lipinski definition) is 8. The van der Waals surface area contributed by atoms with Crippen LogP contribution in [0.3, 0.4) is 0 Å². The molecule has 1 aromatic carbocycles. The fourth-order valence-electron chi connectivity index (χ4n) is 3.21. The molecule has 1 aromatic heterocycles. The number of aromatic nitrogens is 2. The van der Waals surface area contributed by atoms with Crippen LogP contribution in [0.15, 0.2) is 41.6 Å². The van der Waals surface area contributed by atoms with Crippen LogP contribution < -0.4 is 10.2 Å². The van der Waals surface area contributed by atoms with E-state index in [1.807, 2.05) is 14.1 Å². The number of sulfonamides is 1. The summed E-state index contributed by atoms with van der Waals surface area (Å²) in [5.41, 5.74) is 2.55. The number of amides is 1. The zero-order valence-electron chi connectivity index (χ0n) is 16.9. The molecular formula is C19H25N5O5S. The molecule has 2 heterocycles. The van der Waals surface area contributed by atoms with E-state index in [9.17, 15) is 13.2 Å². The standard InChI is InChI=1S/C19H25N5O5S/c1-23(2)10-3-11-29-14-4-6-15(7-5-14)30(27,28)24-13-17-16(20-8-9-21-17)12-18(24)19(25)22-26/h4-9,18,26H,3,10-13H2,1-2H3,(H,22,25)/t18-/m1/s1. The first-order chi connectivity index (χ1) is 14.3. The molecule has 1 atom stereocenters. The number of ether oxygens (including phenoxy) is 1. The molecule has 1 aliphatic rings. The lowest BCUT2D eigenvalue weighted by Gasteiger charge is -2.33. The van der Waals surface area contributed by atoms with Crippen LogP contribution >= 0.6 is 0 Å². The average Bonchev–Trinajstić information content (AvgIpc) is 2.75. The molecular weight excluding hydrogens is 410 g/mol. The summed E-state index contributed by atoms with van der Waals surface area (Å²) >= 11 is 0. The monoisotopic (exact) mass is 435 g/mol. The summed E-state index contributed by atoms with van der Waals surface area (Å²) in [6.45, 7) is 1.29. The maximum absolute atomic E-state index is 13.2. The summed E-state index contributed by atoms with van der Waals surface area (Å²) in [6, 6.07) is 4.92. The number of nitrogens with zero attached hydrogens (tertiary/aromatic N) is 4. The second-order valence-electron chi connectivity index (χ2n) is 7.17. The van der Waals surface area contributed by atoms with Crippen molar-refractivity contribution < 1.29 is 23.2 Å². The van der Waals surface area contributed by atoms with Crippen LogP contribution in [0.4, 0.5) is 0 Å². The number of nitrogens with one attached hydrogen (secondary N) is 1. The fourth-order valence-corrected chi connectivity index (χ4v) is 4.75. The largest absolute Gasteiger partial charge is 0.494 e. The summed E-state index contributed by atoms with van der Waals surface area (Å²) in [6.07, 6.45) is 3.81. The Morgan fingerprint density at radius 3 is 2.53 bits per heavy atom. The molecule has 1 amide bonds. The number of carbonyl (C=O) groups is 1. The second kappa shape index (κ2) is 9.47. The summed E-state index contributed by atoms with van der Waals surface area (Å²) in [5.74, 6) is -0.261. The van der Waals surface area contributed by atoms with Crippen LogP contribution in [0.5, 0.6) is 5.75 Å². The van der Waals surface area contributed by atoms with E-state index in [0.717, 1.165) is 17.3 Å². The Bertz CT molecular complexity index is 981. The van der Waals surface area contributed by atoms with Gasteiger partial charge in [0.05, 0.1) is 29.4 Å². The van der Waals surface area contributed by atoms with Crippen molar-refractivity contribution in [3.63, 3.8) is 0 Å². The van der Waals surface area contributed by atoms with Gasteiger partial charge in [-0.2, -0.15) is 4.31 Å². The third kappa shape index (κ3) is 4.93. The summed E-state index contributed by atoms with van der Waals surface area (Å²) < 4.78 is 33.2. The van der Waals surface area contributed by atoms with E-state index in [-0.39, 0.29) is 17.9 Å². The highest BCUT2D eigenvalue weighted by atomic mass is 32.2. The molecule has 2 aromatic rings. The van der Waals surface area contributed by atoms with Gasteiger partial charge in [0, 0.05) is 25.4 Å². The Balaban J connectivity index is 1.79. The minimum Gasteiger partial charge on any atom is -0.494 e. The quantitative estimate of drug-likeness (QED) is 0.347. The fraction of sp³-hybridized carbons (Fsp3) is 0.421. The van der Waals surface area contributed by atoms with Gasteiger partial charge in [0.1, 0.15) is 11.8 Å². The smallest absolute Gasteiger partial charge is 0.262 e. The van der Waals surface area contributed by atoms with Crippen molar-refractivity contribution in [1.29, 1.82) is 0 Å². The van der Waals surface area contributed by atoms with Gasteiger partial charge in [0.25, 0.3) is 5.91 Å². The van der Waals surface area contributed by atoms with E-state index in [1.54, 1.807) is 17.6 Å². The number of rotatable bonds is 8. The van der Waals surface area contributed by atoms with Gasteiger partial charge in [-0.1, -0.05) is 0 Å². The molecule has 162 valence electrons. The first kappa shape index (κ1) is 22.1. The van der Waals surface area contributed by atoms with E-state index in [2.05, 4.69) is 14.9 Å². The van der Waals surface area contributed by atoms with Gasteiger partial charge in [-0.05, 0) is 44.8 Å². The molecule has 1 aliphatic heterocycles. The Labute approximate surface area is 175 Å². The minimum atomic E-state index is -4.03. The molecule has 0 unspecified atom stereocenters. The van der Waals surface area contributed by atoms with Crippen LogP contribution in [0, 0.1) is 0 Å². The minimum absolute atomic E-state index is 0.0157. The van der Waals surface area contributed by atoms with Crippen molar-refractivity contribution in [3.8, 4) is 5.75 Å². The molecule has 2 N–H and O–H groups in total. The summed E-state index contributed by atoms with van der Waals surface area (Å²) in [7, 11) is -0.0694. The molecule has 0 saturated heterocycles. The molecule has 0 aliphatic carbocycles. The Kier molecular flexibility index (Phi) is 6.98. The summed E-state index contributed by atoms with van der Waals surface area (Å²) in [4.78, 5) is 22.6. The van der Waals surface area contributed by atoms with Crippen molar-refractivity contribution >= 4 is 15.9 Å². The van der Waals surface area contributed by atoms with E-state index < -0.39 is 22.0 Å². The van der Waals surface area contributed by atoms with Crippen molar-refractivity contribution in [3.05, 3.63) is 48.0 Å². The molecule has 0 spiro atoms. The molecule has 0 fully saturated rings. The molecule has 0 bridgehead atoms. The van der Waals surface area contributed by atoms with Crippen molar-refractivity contribution in [2.75, 3.05) is 27.2 Å². The van der Waals surface area contributed by atoms with Crippen molar-refractivity contribution in [2.45, 2.75) is 30.3 Å². The van der Waals surface area contributed by atoms with Crippen LogP contribution in [-0.2, 0) is 27.8 Å². The van der Waals surface area contributed by atoms with E-state index in [4.69, 9.17) is 9.94 Å². The lowest BCUT2D eigenvalue weighted by molar-refractivity contribution is -0.133. The van der Waals surface area contributed by atoms with Gasteiger partial charge in [-0.3, -0.25) is 20.0 Å². The maximum atomic E-state index is 13.2. The normalized spacial score (nSPS) is 16.9. The molecule has 10 nitrogen and oxygen atoms in total. The SMILES string of the molecule is CN(C)CCCOc1ccc(S(=O)(=O)N2Cc3nccnc3C[C@@H]2C(=O)NO)cc1. The predicted molar refractivity (Wildman–Crippen MR) is 107 cm³/mol. The first-order valence-electron chi connectivity index (χ1n) is 9.45. The number of hydrogen-bond donors (Lipinski definition) is 2. The van der Waals surface area contributed by atoms with E-state index in [1.165, 1.54) is 24.5 Å². The third-order valence-electron chi connectivity index (χ3n) is 4.76. The van der Waals surface area contributed by atoms with Crippen molar-refractivity contribution in [2.24, 2.45) is 0 Å². The maximum Gasteiger partial charge on any atom is 0.262 e. The van der Waals surface area contributed by atoms with Gasteiger partial charge in [-0.15, -0.1) is 0 Å². The second-order valence-corrected chi connectivity index (χ2v) is 9.06. The average molecular weight is 436 g/mol. The van der Waals surface area contributed by atoms with Gasteiger partial charge in [0.2, 0.25) is 10.0 Å². The zero-order valence-corrected chi connectivity index (χ0v) is 17.7. The number of hydroxylamine groups is 1. The summed E-state index contributed by atoms with van der Waals surface area (Å²) in [5, 5.41) is 9.09. The molecule has 11 heteroatoms. The van der Waals surface area contributed by atoms with Crippen LogP contribution in [0.2, 0.25) is 0 Å². The van der Waals surface area contributed by atoms with Gasteiger partial charge < -0.3 is 9.64 Å². The van der Waals surface area contributed by atoms with Crippen molar-refractivity contribution in [1.82, 2.24) is 24.7 Å². The Morgan fingerprint density at radius 1 is 1.23 bits per heavy atom. The molecule has 0 saturated carbocycles. The number of benzene rings is 1. The van der Waals surface area contributed by atoms with Gasteiger partial charge in [-0.25, -0.2) is 13.9 Å². The third-order valence-corrected chi connectivity index (χ3v) is 6.63. The lowest BCUT2D eigenvalue weighted by Crippen LogP contribution is -2.52. The highest BCUT2D eigenvalue weighted by Crippen LogP contribution is 2.28. The topological polar surface area (TPSA) is 125 Å². The predicted octanol–water partition coefficient (Wildman–Crippen LogP) is 0.428. The van der Waals surface area contributed by atoms with Crippen LogP contribution in [-0.4, -0.2) is 72.0 Å².